The van der Waals surface area contributed by atoms with Gasteiger partial charge in [0.05, 0.1) is 16.2 Å². The average Bonchev–Trinajstić information content (AvgIpc) is 3.09. The molecule has 1 N–H and O–H groups in total. The fraction of sp³-hybridized carbons (Fsp3) is 0. The lowest BCUT2D eigenvalue weighted by molar-refractivity contribution is -0.384. The highest BCUT2D eigenvalue weighted by Crippen LogP contribution is 2.29. The van der Waals surface area contributed by atoms with Gasteiger partial charge in [-0.05, 0) is 48.5 Å². The maximum Gasteiger partial charge on any atom is 0.343 e. The van der Waals surface area contributed by atoms with Gasteiger partial charge in [0.2, 0.25) is 0 Å². The Hall–Kier alpha value is -4.31. The Morgan fingerprint density at radius 3 is 2.39 bits per heavy atom. The number of nitrogens with zero attached hydrogens (tertiary/aromatic N) is 2. The second-order valence-corrected chi connectivity index (χ2v) is 7.77. The predicted octanol–water partition coefficient (Wildman–Crippen LogP) is 4.04. The Labute approximate surface area is 195 Å². The third-order valence-electron chi connectivity index (χ3n) is 4.69. The SMILES string of the molecule is O=C1NN(c2ccccc2)C(=O)/C1=C/c1cc(Br)ccc1OC(=O)c1ccc([N+](=O)[O-])cc1. The first-order chi connectivity index (χ1) is 15.8. The van der Waals surface area contributed by atoms with Crippen molar-refractivity contribution in [1.82, 2.24) is 5.43 Å². The summed E-state index contributed by atoms with van der Waals surface area (Å²) < 4.78 is 6.08. The fourth-order valence-corrected chi connectivity index (χ4v) is 3.45. The highest BCUT2D eigenvalue weighted by molar-refractivity contribution is 9.10. The van der Waals surface area contributed by atoms with E-state index >= 15 is 0 Å². The van der Waals surface area contributed by atoms with Crippen molar-refractivity contribution in [1.29, 1.82) is 0 Å². The molecule has 33 heavy (non-hydrogen) atoms. The number of amides is 2. The van der Waals surface area contributed by atoms with Crippen LogP contribution in [0.25, 0.3) is 6.08 Å². The fourth-order valence-electron chi connectivity index (χ4n) is 3.07. The van der Waals surface area contributed by atoms with Gasteiger partial charge in [-0.25, -0.2) is 9.80 Å². The minimum Gasteiger partial charge on any atom is -0.422 e. The number of para-hydroxylation sites is 1. The molecular weight excluding hydrogens is 494 g/mol. The van der Waals surface area contributed by atoms with E-state index in [2.05, 4.69) is 21.4 Å². The lowest BCUT2D eigenvalue weighted by atomic mass is 10.1. The Morgan fingerprint density at radius 2 is 1.73 bits per heavy atom. The van der Waals surface area contributed by atoms with E-state index in [4.69, 9.17) is 4.74 Å². The van der Waals surface area contributed by atoms with E-state index in [1.54, 1.807) is 42.5 Å². The molecule has 0 unspecified atom stereocenters. The number of hydrogen-bond acceptors (Lipinski definition) is 6. The van der Waals surface area contributed by atoms with Gasteiger partial charge < -0.3 is 4.74 Å². The van der Waals surface area contributed by atoms with Gasteiger partial charge in [-0.3, -0.25) is 25.1 Å². The molecule has 0 radical (unpaired) electrons. The molecule has 10 heteroatoms. The average molecular weight is 508 g/mol. The highest BCUT2D eigenvalue weighted by Gasteiger charge is 2.34. The molecule has 0 spiro atoms. The van der Waals surface area contributed by atoms with Gasteiger partial charge in [-0.2, -0.15) is 0 Å². The van der Waals surface area contributed by atoms with Crippen LogP contribution in [0.2, 0.25) is 0 Å². The Kier molecular flexibility index (Phi) is 6.01. The number of carbonyl (C=O) groups excluding carboxylic acids is 3. The molecule has 3 aromatic rings. The molecule has 0 aliphatic carbocycles. The molecule has 0 bridgehead atoms. The number of hydrogen-bond donors (Lipinski definition) is 1. The topological polar surface area (TPSA) is 119 Å². The van der Waals surface area contributed by atoms with Crippen molar-refractivity contribution in [2.24, 2.45) is 0 Å². The zero-order chi connectivity index (χ0) is 23.5. The van der Waals surface area contributed by atoms with Crippen LogP contribution in [0.1, 0.15) is 15.9 Å². The molecule has 1 fully saturated rings. The number of benzene rings is 3. The van der Waals surface area contributed by atoms with Gasteiger partial charge >= 0.3 is 5.97 Å². The van der Waals surface area contributed by atoms with Crippen LogP contribution < -0.4 is 15.2 Å². The monoisotopic (exact) mass is 507 g/mol. The number of nitrogens with one attached hydrogen (secondary N) is 1. The number of anilines is 1. The molecule has 3 aromatic carbocycles. The lowest BCUT2D eigenvalue weighted by Gasteiger charge is -2.14. The zero-order valence-electron chi connectivity index (χ0n) is 16.7. The van der Waals surface area contributed by atoms with Gasteiger partial charge in [0.1, 0.15) is 11.3 Å². The predicted molar refractivity (Wildman–Crippen MR) is 122 cm³/mol. The van der Waals surface area contributed by atoms with E-state index < -0.39 is 22.7 Å². The molecule has 1 aliphatic heterocycles. The molecule has 0 aromatic heterocycles. The summed E-state index contributed by atoms with van der Waals surface area (Å²) in [5.74, 6) is -1.80. The molecule has 0 atom stereocenters. The molecule has 1 saturated heterocycles. The van der Waals surface area contributed by atoms with Gasteiger partial charge in [0, 0.05) is 22.2 Å². The molecule has 1 aliphatic rings. The van der Waals surface area contributed by atoms with Crippen LogP contribution in [0.15, 0.2) is 82.8 Å². The number of hydrazine groups is 1. The van der Waals surface area contributed by atoms with Crippen molar-refractivity contribution in [3.63, 3.8) is 0 Å². The maximum absolute atomic E-state index is 12.8. The number of rotatable bonds is 5. The highest BCUT2D eigenvalue weighted by atomic mass is 79.9. The Balaban J connectivity index is 1.62. The number of ether oxygens (including phenoxy) is 1. The lowest BCUT2D eigenvalue weighted by Crippen LogP contribution is -2.35. The molecule has 4 rings (SSSR count). The number of esters is 1. The van der Waals surface area contributed by atoms with Gasteiger partial charge in [-0.1, -0.05) is 34.1 Å². The second-order valence-electron chi connectivity index (χ2n) is 6.85. The van der Waals surface area contributed by atoms with E-state index in [9.17, 15) is 24.5 Å². The second kappa shape index (κ2) is 9.05. The minimum absolute atomic E-state index is 0.104. The molecule has 1 heterocycles. The minimum atomic E-state index is -0.750. The van der Waals surface area contributed by atoms with Crippen LogP contribution in [-0.4, -0.2) is 22.7 Å². The number of carbonyl (C=O) groups is 3. The summed E-state index contributed by atoms with van der Waals surface area (Å²) in [6.45, 7) is 0. The van der Waals surface area contributed by atoms with E-state index in [-0.39, 0.29) is 22.6 Å². The van der Waals surface area contributed by atoms with E-state index in [0.29, 0.717) is 15.7 Å². The van der Waals surface area contributed by atoms with Crippen LogP contribution in [-0.2, 0) is 9.59 Å². The summed E-state index contributed by atoms with van der Waals surface area (Å²) in [5, 5.41) is 11.9. The standard InChI is InChI=1S/C23H14BrN3O6/c24-16-8-11-20(33-23(30)14-6-9-18(10-7-14)27(31)32)15(12-16)13-19-21(28)25-26(22(19)29)17-4-2-1-3-5-17/h1-13H,(H,25,28)/b19-13+. The quantitative estimate of drug-likeness (QED) is 0.139. The normalized spacial score (nSPS) is 14.3. The molecule has 0 saturated carbocycles. The van der Waals surface area contributed by atoms with Gasteiger partial charge in [-0.15, -0.1) is 0 Å². The summed E-state index contributed by atoms with van der Waals surface area (Å²) >= 11 is 3.33. The smallest absolute Gasteiger partial charge is 0.343 e. The largest absolute Gasteiger partial charge is 0.422 e. The van der Waals surface area contributed by atoms with Gasteiger partial charge in [0.15, 0.2) is 0 Å². The van der Waals surface area contributed by atoms with E-state index in [1.807, 2.05) is 0 Å². The molecule has 2 amide bonds. The van der Waals surface area contributed by atoms with Crippen LogP contribution in [0.4, 0.5) is 11.4 Å². The number of halogens is 1. The summed E-state index contributed by atoms with van der Waals surface area (Å²) in [7, 11) is 0. The van der Waals surface area contributed by atoms with Crippen molar-refractivity contribution in [3.8, 4) is 5.75 Å². The molecule has 164 valence electrons. The van der Waals surface area contributed by atoms with E-state index in [1.165, 1.54) is 36.4 Å². The Bertz CT molecular complexity index is 1310. The summed E-state index contributed by atoms with van der Waals surface area (Å²) in [6, 6.07) is 18.3. The van der Waals surface area contributed by atoms with Crippen molar-refractivity contribution in [2.75, 3.05) is 5.01 Å². The van der Waals surface area contributed by atoms with Crippen LogP contribution in [0.5, 0.6) is 5.75 Å². The number of nitro groups is 1. The third-order valence-corrected chi connectivity index (χ3v) is 5.19. The summed E-state index contributed by atoms with van der Waals surface area (Å²) in [6.07, 6.45) is 1.34. The Morgan fingerprint density at radius 1 is 1.03 bits per heavy atom. The van der Waals surface area contributed by atoms with Crippen molar-refractivity contribution in [2.45, 2.75) is 0 Å². The summed E-state index contributed by atoms with van der Waals surface area (Å²) in [4.78, 5) is 48.1. The first kappa shape index (κ1) is 21.9. The van der Waals surface area contributed by atoms with E-state index in [0.717, 1.165) is 5.01 Å². The maximum atomic E-state index is 12.8. The van der Waals surface area contributed by atoms with Gasteiger partial charge in [0.25, 0.3) is 17.5 Å². The van der Waals surface area contributed by atoms with Crippen molar-refractivity contribution in [3.05, 3.63) is 104 Å². The number of nitro benzene ring substituents is 1. The zero-order valence-corrected chi connectivity index (χ0v) is 18.3. The molecular formula is C23H14BrN3O6. The molecule has 9 nitrogen and oxygen atoms in total. The van der Waals surface area contributed by atoms with Crippen molar-refractivity contribution >= 4 is 51.2 Å². The first-order valence-electron chi connectivity index (χ1n) is 9.52. The third kappa shape index (κ3) is 4.65. The van der Waals surface area contributed by atoms with Crippen molar-refractivity contribution < 1.29 is 24.0 Å². The van der Waals surface area contributed by atoms with Crippen LogP contribution in [0, 0.1) is 10.1 Å². The summed E-state index contributed by atoms with van der Waals surface area (Å²) in [5.41, 5.74) is 3.13. The van der Waals surface area contributed by atoms with Crippen LogP contribution >= 0.6 is 15.9 Å². The first-order valence-corrected chi connectivity index (χ1v) is 10.3. The van der Waals surface area contributed by atoms with Crippen LogP contribution in [0.3, 0.4) is 0 Å². The number of non-ortho nitro benzene ring substituents is 1.